The van der Waals surface area contributed by atoms with E-state index in [1.165, 1.54) is 29.3 Å². The fourth-order valence-corrected chi connectivity index (χ4v) is 5.93. The molecule has 0 saturated carbocycles. The van der Waals surface area contributed by atoms with Gasteiger partial charge in [-0.2, -0.15) is 18.3 Å². The van der Waals surface area contributed by atoms with Gasteiger partial charge >= 0.3 is 17.1 Å². The number of nitrogens with one attached hydrogen (secondary N) is 1. The number of carbonyl (C=O) groups is 1. The van der Waals surface area contributed by atoms with Crippen molar-refractivity contribution < 1.29 is 32.9 Å². The number of aliphatic hydroxyl groups excluding tert-OH is 1. The molecule has 3 N–H and O–H groups in total. The SMILES string of the molecule is CC(C)(C)OC(=O)N1C[C@H](O)[C@@H](n2c(O)c(C(=Cc3ccc(Cl)cc3C(F)(F)F)c3ccc4[nH]ncc4c3)sc2=O)C1. The number of ether oxygens (including phenoxy) is 1. The highest BCUT2D eigenvalue weighted by Crippen LogP contribution is 2.41. The minimum absolute atomic E-state index is 0.0196. The zero-order valence-electron chi connectivity index (χ0n) is 22.6. The van der Waals surface area contributed by atoms with Crippen molar-refractivity contribution in [1.29, 1.82) is 0 Å². The van der Waals surface area contributed by atoms with Crippen LogP contribution in [0.15, 0.2) is 47.4 Å². The topological polar surface area (TPSA) is 121 Å². The van der Waals surface area contributed by atoms with Crippen LogP contribution in [0.1, 0.15) is 48.4 Å². The zero-order chi connectivity index (χ0) is 30.6. The number of aliphatic hydroxyl groups is 1. The van der Waals surface area contributed by atoms with Gasteiger partial charge in [-0.1, -0.05) is 35.1 Å². The summed E-state index contributed by atoms with van der Waals surface area (Å²) in [6.45, 7) is 4.80. The van der Waals surface area contributed by atoms with Crippen molar-refractivity contribution in [1.82, 2.24) is 19.7 Å². The smallest absolute Gasteiger partial charge is 0.417 e. The number of thiazole rings is 1. The van der Waals surface area contributed by atoms with Crippen LogP contribution in [0.2, 0.25) is 5.02 Å². The van der Waals surface area contributed by atoms with E-state index in [0.717, 1.165) is 10.6 Å². The highest BCUT2D eigenvalue weighted by Gasteiger charge is 2.40. The predicted molar refractivity (Wildman–Crippen MR) is 153 cm³/mol. The zero-order valence-corrected chi connectivity index (χ0v) is 24.1. The number of amides is 1. The van der Waals surface area contributed by atoms with Crippen molar-refractivity contribution in [2.45, 2.75) is 44.7 Å². The van der Waals surface area contributed by atoms with Crippen LogP contribution in [0.5, 0.6) is 5.88 Å². The van der Waals surface area contributed by atoms with Crippen LogP contribution < -0.4 is 4.87 Å². The Bertz CT molecular complexity index is 1750. The van der Waals surface area contributed by atoms with E-state index >= 15 is 0 Å². The summed E-state index contributed by atoms with van der Waals surface area (Å²) in [5.74, 6) is -0.554. The van der Waals surface area contributed by atoms with Crippen molar-refractivity contribution in [2.24, 2.45) is 0 Å². The summed E-state index contributed by atoms with van der Waals surface area (Å²) >= 11 is 6.49. The molecule has 1 fully saturated rings. The molecule has 222 valence electrons. The highest BCUT2D eigenvalue weighted by atomic mass is 35.5. The molecule has 0 aliphatic carbocycles. The minimum Gasteiger partial charge on any atom is -0.493 e. The lowest BCUT2D eigenvalue weighted by molar-refractivity contribution is -0.137. The van der Waals surface area contributed by atoms with Crippen molar-refractivity contribution in [3.8, 4) is 5.88 Å². The normalized spacial score (nSPS) is 18.2. The third kappa shape index (κ3) is 5.90. The Hall–Kier alpha value is -3.81. The number of β-amino-alcohol motifs (C(OH)–C–C–N with tert-alkyl or cyclic N) is 1. The first-order chi connectivity index (χ1) is 19.6. The molecule has 2 aromatic carbocycles. The molecule has 4 aromatic rings. The molecule has 3 heterocycles. The van der Waals surface area contributed by atoms with E-state index in [2.05, 4.69) is 10.2 Å². The minimum atomic E-state index is -4.74. The Morgan fingerprint density at radius 3 is 2.62 bits per heavy atom. The van der Waals surface area contributed by atoms with Crippen molar-refractivity contribution in [2.75, 3.05) is 13.1 Å². The first kappa shape index (κ1) is 29.7. The molecule has 1 aliphatic rings. The number of H-pyrrole nitrogens is 1. The van der Waals surface area contributed by atoms with Crippen LogP contribution in [0.25, 0.3) is 22.6 Å². The fraction of sp³-hybridized carbons (Fsp3) is 0.321. The monoisotopic (exact) mass is 622 g/mol. The maximum Gasteiger partial charge on any atom is 0.417 e. The lowest BCUT2D eigenvalue weighted by Gasteiger charge is -2.24. The molecule has 2 atom stereocenters. The fourth-order valence-electron chi connectivity index (χ4n) is 4.79. The van der Waals surface area contributed by atoms with E-state index in [4.69, 9.17) is 16.3 Å². The summed E-state index contributed by atoms with van der Waals surface area (Å²) < 4.78 is 48.3. The van der Waals surface area contributed by atoms with Gasteiger partial charge in [-0.3, -0.25) is 14.5 Å². The number of fused-ring (bicyclic) bond motifs is 1. The number of carbonyl (C=O) groups excluding carboxylic acids is 1. The van der Waals surface area contributed by atoms with Crippen molar-refractivity contribution >= 4 is 51.6 Å². The highest BCUT2D eigenvalue weighted by molar-refractivity contribution is 7.11. The van der Waals surface area contributed by atoms with E-state index in [1.807, 2.05) is 0 Å². The Labute approximate surface area is 246 Å². The summed E-state index contributed by atoms with van der Waals surface area (Å²) in [4.78, 5) is 26.4. The summed E-state index contributed by atoms with van der Waals surface area (Å²) in [6.07, 6.45) is -3.88. The molecule has 5 rings (SSSR count). The molecule has 42 heavy (non-hydrogen) atoms. The molecule has 1 amide bonds. The number of aromatic hydroxyl groups is 1. The van der Waals surface area contributed by atoms with Gasteiger partial charge in [0.2, 0.25) is 5.88 Å². The molecule has 0 unspecified atom stereocenters. The van der Waals surface area contributed by atoms with Crippen LogP contribution >= 0.6 is 22.9 Å². The second kappa shape index (κ2) is 10.8. The van der Waals surface area contributed by atoms with Gasteiger partial charge in [0.1, 0.15) is 10.5 Å². The Balaban J connectivity index is 1.63. The number of aromatic nitrogens is 3. The van der Waals surface area contributed by atoms with Crippen LogP contribution in [0, 0.1) is 0 Å². The quantitative estimate of drug-likeness (QED) is 0.244. The number of benzene rings is 2. The van der Waals surface area contributed by atoms with Crippen LogP contribution in [-0.4, -0.2) is 60.8 Å². The van der Waals surface area contributed by atoms with Crippen molar-refractivity contribution in [3.05, 3.63) is 78.9 Å². The third-order valence-electron chi connectivity index (χ3n) is 6.68. The van der Waals surface area contributed by atoms with Gasteiger partial charge in [0.05, 0.1) is 36.0 Å². The van der Waals surface area contributed by atoms with Gasteiger partial charge in [-0.05, 0) is 62.2 Å². The molecule has 0 radical (unpaired) electrons. The number of likely N-dealkylation sites (tertiary alicyclic amines) is 1. The Morgan fingerprint density at radius 1 is 1.19 bits per heavy atom. The number of nitrogens with zero attached hydrogens (tertiary/aromatic N) is 3. The maximum atomic E-state index is 14.0. The number of alkyl halides is 3. The van der Waals surface area contributed by atoms with Gasteiger partial charge < -0.3 is 19.8 Å². The van der Waals surface area contributed by atoms with Gasteiger partial charge in [0, 0.05) is 22.5 Å². The summed E-state index contributed by atoms with van der Waals surface area (Å²) in [5, 5.41) is 29.5. The van der Waals surface area contributed by atoms with Gasteiger partial charge in [0.25, 0.3) is 0 Å². The maximum absolute atomic E-state index is 14.0. The number of rotatable bonds is 4. The average molecular weight is 623 g/mol. The van der Waals surface area contributed by atoms with E-state index < -0.39 is 46.3 Å². The van der Waals surface area contributed by atoms with E-state index in [1.54, 1.807) is 39.0 Å². The van der Waals surface area contributed by atoms with Crippen LogP contribution in [-0.2, 0) is 10.9 Å². The third-order valence-corrected chi connectivity index (χ3v) is 7.89. The second-order valence-electron chi connectivity index (χ2n) is 10.9. The van der Waals surface area contributed by atoms with Crippen LogP contribution in [0.3, 0.4) is 0 Å². The molecule has 0 spiro atoms. The molecule has 9 nitrogen and oxygen atoms in total. The van der Waals surface area contributed by atoms with Crippen molar-refractivity contribution in [3.63, 3.8) is 0 Å². The number of hydrogen-bond donors (Lipinski definition) is 3. The standard InChI is InChI=1S/C28H26ClF3N4O5S/c1-27(2,3)41-25(39)35-12-21(22(37)13-35)36-24(38)23(42-26(36)40)18(14-5-7-20-16(8-14)11-33-34-20)9-15-4-6-17(29)10-19(15)28(30,31)32/h4-11,21-22,37-38H,12-13H2,1-3H3,(H,33,34)/t21-,22-/m0/s1. The predicted octanol–water partition coefficient (Wildman–Crippen LogP) is 5.91. The molecule has 2 aromatic heterocycles. The van der Waals surface area contributed by atoms with Gasteiger partial charge in [-0.15, -0.1) is 0 Å². The molecule has 1 aliphatic heterocycles. The summed E-state index contributed by atoms with van der Waals surface area (Å²) in [5.41, 5.74) is -0.826. The molecule has 14 heteroatoms. The number of hydrogen-bond acceptors (Lipinski definition) is 7. The molecular weight excluding hydrogens is 597 g/mol. The first-order valence-electron chi connectivity index (χ1n) is 12.7. The Morgan fingerprint density at radius 2 is 1.93 bits per heavy atom. The Kier molecular flexibility index (Phi) is 7.62. The lowest BCUT2D eigenvalue weighted by Crippen LogP contribution is -2.36. The summed E-state index contributed by atoms with van der Waals surface area (Å²) in [7, 11) is 0. The lowest BCUT2D eigenvalue weighted by atomic mass is 9.97. The van der Waals surface area contributed by atoms with E-state index in [9.17, 15) is 33.0 Å². The van der Waals surface area contributed by atoms with Gasteiger partial charge in [-0.25, -0.2) is 4.79 Å². The number of aromatic amines is 1. The summed E-state index contributed by atoms with van der Waals surface area (Å²) in [6, 6.07) is 7.26. The molecular formula is C28H26ClF3N4O5S. The molecule has 0 bridgehead atoms. The molecule has 1 saturated heterocycles. The largest absolute Gasteiger partial charge is 0.493 e. The van der Waals surface area contributed by atoms with Gasteiger partial charge in [0.15, 0.2) is 0 Å². The van der Waals surface area contributed by atoms with E-state index in [0.29, 0.717) is 27.8 Å². The first-order valence-corrected chi connectivity index (χ1v) is 13.9. The number of halogens is 4. The average Bonchev–Trinajstić information content (AvgIpc) is 3.58. The van der Waals surface area contributed by atoms with E-state index in [-0.39, 0.29) is 34.1 Å². The van der Waals surface area contributed by atoms with Crippen LogP contribution in [0.4, 0.5) is 18.0 Å². The second-order valence-corrected chi connectivity index (χ2v) is 12.3.